The summed E-state index contributed by atoms with van der Waals surface area (Å²) in [6.45, 7) is 4.45. The normalized spacial score (nSPS) is 18.0. The fourth-order valence-electron chi connectivity index (χ4n) is 7.69. The molecule has 218 valence electrons. The molecule has 0 spiro atoms. The van der Waals surface area contributed by atoms with E-state index in [9.17, 15) is 9.90 Å². The number of carbonyl (C=O) groups is 1. The molecule has 0 aliphatic carbocycles. The van der Waals surface area contributed by atoms with Crippen LogP contribution in [0.5, 0.6) is 11.5 Å². The van der Waals surface area contributed by atoms with Crippen LogP contribution < -0.4 is 43.4 Å². The summed E-state index contributed by atoms with van der Waals surface area (Å²) in [5.74, 6) is 1.06. The number of halogens is 1. The third kappa shape index (κ3) is 4.66. The molecule has 8 rings (SSSR count). The summed E-state index contributed by atoms with van der Waals surface area (Å²) in [5.41, 5.74) is 10.1. The molecule has 9 nitrogen and oxygen atoms in total. The van der Waals surface area contributed by atoms with Crippen LogP contribution in [0, 0.1) is 10.2 Å². The summed E-state index contributed by atoms with van der Waals surface area (Å²) >= 11 is 0. The van der Waals surface area contributed by atoms with Gasteiger partial charge in [0, 0.05) is 59.1 Å². The van der Waals surface area contributed by atoms with Gasteiger partial charge < -0.3 is 14.7 Å². The Balaban J connectivity index is 0.000000534. The van der Waals surface area contributed by atoms with E-state index in [4.69, 9.17) is 23.4 Å². The number of aryl methyl sites for hydroxylation is 2. The van der Waals surface area contributed by atoms with Gasteiger partial charge in [-0.3, -0.25) is 0 Å². The van der Waals surface area contributed by atoms with Gasteiger partial charge in [-0.1, -0.05) is 18.2 Å². The first-order valence-electron chi connectivity index (χ1n) is 14.6. The number of ether oxygens (including phenoxy) is 1. The zero-order chi connectivity index (χ0) is 29.2. The molecule has 0 radical (unpaired) electrons. The molecule has 0 fully saturated rings. The van der Waals surface area contributed by atoms with Crippen LogP contribution in [0.25, 0.3) is 5.57 Å². The molecule has 0 unspecified atom stereocenters. The number of anilines is 1. The lowest BCUT2D eigenvalue weighted by Crippen LogP contribution is -2.68. The molecule has 42 heavy (non-hydrogen) atoms. The van der Waals surface area contributed by atoms with E-state index in [0.717, 1.165) is 111 Å². The van der Waals surface area contributed by atoms with E-state index in [0.29, 0.717) is 5.56 Å². The van der Waals surface area contributed by atoms with Crippen molar-refractivity contribution in [2.45, 2.75) is 51.4 Å². The number of benzene rings is 3. The number of hydrogen-bond acceptors (Lipinski definition) is 7. The lowest BCUT2D eigenvalue weighted by molar-refractivity contribution is -2.00. The Morgan fingerprint density at radius 3 is 2.26 bits per heavy atom. The van der Waals surface area contributed by atoms with Crippen LogP contribution in [0.1, 0.15) is 69.4 Å². The number of aromatic carboxylic acids is 1. The van der Waals surface area contributed by atoms with Crippen molar-refractivity contribution in [3.8, 4) is 11.5 Å². The van der Waals surface area contributed by atoms with Crippen molar-refractivity contribution in [1.29, 1.82) is 0 Å². The molecular weight excluding hydrogens is 560 g/mol. The third-order valence-electron chi connectivity index (χ3n) is 9.11. The molecular formula is C32H31ClN2O7. The van der Waals surface area contributed by atoms with Gasteiger partial charge >= 0.3 is 5.97 Å². The highest BCUT2D eigenvalue weighted by atomic mass is 35.7. The molecule has 0 atom stereocenters. The van der Waals surface area contributed by atoms with Gasteiger partial charge in [0.25, 0.3) is 0 Å². The minimum Gasteiger partial charge on any atom is -0.478 e. The lowest BCUT2D eigenvalue weighted by atomic mass is 9.82. The minimum atomic E-state index is -4.94. The van der Waals surface area contributed by atoms with Crippen molar-refractivity contribution >= 4 is 17.2 Å². The second-order valence-electron chi connectivity index (χ2n) is 11.6. The lowest BCUT2D eigenvalue weighted by Gasteiger charge is -2.39. The van der Waals surface area contributed by atoms with E-state index >= 15 is 0 Å². The topological polar surface area (TPSA) is 145 Å². The highest BCUT2D eigenvalue weighted by Gasteiger charge is 2.36. The van der Waals surface area contributed by atoms with Crippen LogP contribution in [0.4, 0.5) is 5.69 Å². The van der Waals surface area contributed by atoms with Crippen LogP contribution in [0.2, 0.25) is 0 Å². The molecule has 0 bridgehead atoms. The fraction of sp³-hybridized carbons (Fsp3) is 0.375. The molecule has 5 aliphatic heterocycles. The third-order valence-corrected chi connectivity index (χ3v) is 9.11. The second-order valence-corrected chi connectivity index (χ2v) is 12.3. The zero-order valence-electron chi connectivity index (χ0n) is 23.1. The van der Waals surface area contributed by atoms with Gasteiger partial charge in [0.15, 0.2) is 0 Å². The van der Waals surface area contributed by atoms with Gasteiger partial charge in [-0.2, -0.15) is 0 Å². The molecule has 0 saturated carbocycles. The molecule has 0 aromatic heterocycles. The first kappa shape index (κ1) is 27.4. The molecule has 5 heterocycles. The van der Waals surface area contributed by atoms with Gasteiger partial charge in [-0.05, 0) is 67.9 Å². The van der Waals surface area contributed by atoms with Gasteiger partial charge in [0.05, 0.1) is 11.1 Å². The molecule has 3 aromatic carbocycles. The maximum atomic E-state index is 12.4. The van der Waals surface area contributed by atoms with Crippen molar-refractivity contribution in [1.82, 2.24) is 4.58 Å². The Hall–Kier alpha value is -3.47. The van der Waals surface area contributed by atoms with Gasteiger partial charge in [0.1, 0.15) is 24.6 Å². The van der Waals surface area contributed by atoms with E-state index in [2.05, 4.69) is 21.6 Å². The Labute approximate surface area is 245 Å². The zero-order valence-corrected chi connectivity index (χ0v) is 23.9. The van der Waals surface area contributed by atoms with Crippen LogP contribution in [-0.4, -0.2) is 37.3 Å². The Morgan fingerprint density at radius 1 is 0.833 bits per heavy atom. The smallest absolute Gasteiger partial charge is 0.336 e. The van der Waals surface area contributed by atoms with Gasteiger partial charge in [-0.25, -0.2) is 28.0 Å². The Morgan fingerprint density at radius 2 is 1.50 bits per heavy atom. The molecule has 3 aromatic rings. The molecule has 0 saturated heterocycles. The van der Waals surface area contributed by atoms with Crippen molar-refractivity contribution in [3.05, 3.63) is 85.9 Å². The first-order chi connectivity index (χ1) is 20.2. The maximum absolute atomic E-state index is 12.4. The Kier molecular flexibility index (Phi) is 6.75. The van der Waals surface area contributed by atoms with Crippen molar-refractivity contribution in [2.75, 3.05) is 31.1 Å². The van der Waals surface area contributed by atoms with Crippen molar-refractivity contribution in [2.24, 2.45) is 0 Å². The van der Waals surface area contributed by atoms with Crippen LogP contribution >= 0.6 is 0 Å². The average Bonchev–Trinajstić information content (AvgIpc) is 2.96. The van der Waals surface area contributed by atoms with Gasteiger partial charge in [0.2, 0.25) is 5.36 Å². The SMILES string of the molecule is O=C(O)c1ccccc1C1=c2cc3c4c(c2Oc2c1cc1c5c2CCCN5CCC1)CCC[N+]=4CCC3.[O-][Cl+3]([O-])([O-])[O-]. The van der Waals surface area contributed by atoms with Crippen LogP contribution in [-0.2, 0) is 25.7 Å². The first-order valence-corrected chi connectivity index (χ1v) is 15.8. The average molecular weight is 591 g/mol. The quantitative estimate of drug-likeness (QED) is 0.295. The van der Waals surface area contributed by atoms with Crippen molar-refractivity contribution < 1.29 is 43.5 Å². The summed E-state index contributed by atoms with van der Waals surface area (Å²) in [4.78, 5) is 15.0. The maximum Gasteiger partial charge on any atom is 0.336 e. The van der Waals surface area contributed by atoms with E-state index in [-0.39, 0.29) is 0 Å². The summed E-state index contributed by atoms with van der Waals surface area (Å²) in [6, 6.07) is 12.2. The predicted octanol–water partition coefficient (Wildman–Crippen LogP) is -0.936. The summed E-state index contributed by atoms with van der Waals surface area (Å²) < 4.78 is 43.6. The largest absolute Gasteiger partial charge is 0.478 e. The summed E-state index contributed by atoms with van der Waals surface area (Å²) in [7, 11) is -4.94. The number of nitrogens with zero attached hydrogens (tertiary/aromatic N) is 2. The second kappa shape index (κ2) is 10.4. The molecule has 5 aliphatic rings. The molecule has 10 heteroatoms. The summed E-state index contributed by atoms with van der Waals surface area (Å²) in [6.07, 6.45) is 8.74. The van der Waals surface area contributed by atoms with E-state index < -0.39 is 16.2 Å². The Bertz CT molecular complexity index is 1750. The minimum absolute atomic E-state index is 0.359. The fourth-order valence-corrected chi connectivity index (χ4v) is 7.69. The number of rotatable bonds is 2. The van der Waals surface area contributed by atoms with E-state index in [1.54, 1.807) is 6.07 Å². The number of carboxylic acid groups (broad SMARTS) is 1. The summed E-state index contributed by atoms with van der Waals surface area (Å²) in [5, 5.41) is 12.7. The van der Waals surface area contributed by atoms with Crippen molar-refractivity contribution in [3.63, 3.8) is 0 Å². The van der Waals surface area contributed by atoms with Crippen LogP contribution in [0.15, 0.2) is 36.4 Å². The molecule has 1 N–H and O–H groups in total. The number of hydrogen-bond donors (Lipinski definition) is 1. The molecule has 0 amide bonds. The highest BCUT2D eigenvalue weighted by Crippen LogP contribution is 2.48. The predicted molar refractivity (Wildman–Crippen MR) is 144 cm³/mol. The number of carboxylic acids is 1. The van der Waals surface area contributed by atoms with E-state index in [1.165, 1.54) is 33.3 Å². The highest BCUT2D eigenvalue weighted by molar-refractivity contribution is 5.99. The standard InChI is InChI=1S/C32H30N2O3.ClHO4/c35-32(36)22-10-2-1-9-21(22)27-25-17-19-7-3-13-33-15-5-11-23(28(19)33)30(25)37-31-24-12-6-16-34-14-4-8-20(29(24)34)18-26(27)31;2-1(3,4)5/h1-2,9-10,17-18H,3-8,11-16H2;(H,2,3,4,5). The monoisotopic (exact) mass is 590 g/mol. The number of fused-ring (bicyclic) bond motifs is 4. The van der Waals surface area contributed by atoms with E-state index in [1.807, 2.05) is 18.2 Å². The van der Waals surface area contributed by atoms with Gasteiger partial charge in [-0.15, -0.1) is 10.2 Å². The van der Waals surface area contributed by atoms with Crippen LogP contribution in [0.3, 0.4) is 0 Å².